The third-order valence-electron chi connectivity index (χ3n) is 2.31. The zero-order valence-electron chi connectivity index (χ0n) is 11.5. The van der Waals surface area contributed by atoms with Crippen molar-refractivity contribution in [1.82, 2.24) is 0 Å². The molecule has 0 bridgehead atoms. The van der Waals surface area contributed by atoms with Gasteiger partial charge in [0, 0.05) is 6.10 Å². The Hall–Kier alpha value is 0.647. The molecule has 0 aromatic heterocycles. The Bertz CT molecular complexity index is 204. The van der Waals surface area contributed by atoms with Gasteiger partial charge in [-0.05, 0) is 65.6 Å². The first-order valence-electron chi connectivity index (χ1n) is 6.35. The average Bonchev–Trinajstić information content (AvgIpc) is 2.12. The highest BCUT2D eigenvalue weighted by Gasteiger charge is 2.20. The highest BCUT2D eigenvalue weighted by molar-refractivity contribution is 14.1. The molecule has 96 valence electrons. The fourth-order valence-electron chi connectivity index (χ4n) is 1.64. The Labute approximate surface area is 116 Å². The lowest BCUT2D eigenvalue weighted by atomic mass is 10.1. The Morgan fingerprint density at radius 1 is 1.31 bits per heavy atom. The van der Waals surface area contributed by atoms with Crippen LogP contribution in [0, 0.1) is 0 Å². The summed E-state index contributed by atoms with van der Waals surface area (Å²) in [7, 11) is -1.38. The van der Waals surface area contributed by atoms with E-state index in [-0.39, 0.29) is 0 Å². The van der Waals surface area contributed by atoms with Crippen LogP contribution in [0.5, 0.6) is 0 Å². The van der Waals surface area contributed by atoms with Gasteiger partial charge in [-0.1, -0.05) is 32.3 Å². The van der Waals surface area contributed by atoms with Crippen molar-refractivity contribution in [2.45, 2.75) is 71.7 Å². The molecule has 0 rings (SSSR count). The molecule has 0 heterocycles. The maximum atomic E-state index is 6.23. The van der Waals surface area contributed by atoms with Crippen LogP contribution < -0.4 is 0 Å². The Balaban J connectivity index is 4.11. The first kappa shape index (κ1) is 16.6. The molecule has 0 amide bonds. The molecule has 0 aromatic rings. The second kappa shape index (κ2) is 8.70. The van der Waals surface area contributed by atoms with Crippen molar-refractivity contribution < 1.29 is 4.43 Å². The summed E-state index contributed by atoms with van der Waals surface area (Å²) >= 11 is 2.38. The van der Waals surface area contributed by atoms with Crippen molar-refractivity contribution in [2.75, 3.05) is 0 Å². The van der Waals surface area contributed by atoms with E-state index >= 15 is 0 Å². The molecule has 0 aliphatic rings. The van der Waals surface area contributed by atoms with Crippen molar-refractivity contribution in [3.05, 3.63) is 9.66 Å². The molecule has 0 saturated heterocycles. The van der Waals surface area contributed by atoms with Gasteiger partial charge < -0.3 is 4.43 Å². The summed E-state index contributed by atoms with van der Waals surface area (Å²) in [5.74, 6) is 0. The molecule has 0 radical (unpaired) electrons. The van der Waals surface area contributed by atoms with Gasteiger partial charge >= 0.3 is 0 Å². The molecule has 1 atom stereocenters. The largest absolute Gasteiger partial charge is 0.414 e. The van der Waals surface area contributed by atoms with E-state index in [4.69, 9.17) is 4.43 Å². The summed E-state index contributed by atoms with van der Waals surface area (Å²) in [6.07, 6.45) is 8.99. The molecule has 0 aromatic carbocycles. The number of rotatable bonds is 8. The summed E-state index contributed by atoms with van der Waals surface area (Å²) in [6, 6.07) is 0. The molecule has 16 heavy (non-hydrogen) atoms. The van der Waals surface area contributed by atoms with Gasteiger partial charge in [0.2, 0.25) is 0 Å². The van der Waals surface area contributed by atoms with E-state index in [0.717, 1.165) is 6.42 Å². The van der Waals surface area contributed by atoms with Gasteiger partial charge in [-0.25, -0.2) is 0 Å². The molecule has 0 spiro atoms. The first-order valence-corrected chi connectivity index (χ1v) is 10.8. The van der Waals surface area contributed by atoms with Crippen molar-refractivity contribution in [2.24, 2.45) is 0 Å². The van der Waals surface area contributed by atoms with E-state index in [2.05, 4.69) is 62.2 Å². The van der Waals surface area contributed by atoms with Crippen LogP contribution in [0.3, 0.4) is 0 Å². The predicted molar refractivity (Wildman–Crippen MR) is 84.8 cm³/mol. The molecule has 3 heteroatoms. The zero-order valence-corrected chi connectivity index (χ0v) is 14.6. The van der Waals surface area contributed by atoms with E-state index < -0.39 is 8.32 Å². The molecular weight excluding hydrogens is 327 g/mol. The molecule has 0 N–H and O–H groups in total. The van der Waals surface area contributed by atoms with Crippen LogP contribution >= 0.6 is 22.6 Å². The van der Waals surface area contributed by atoms with Crippen LogP contribution in [0.1, 0.15) is 46.0 Å². The molecule has 0 unspecified atom stereocenters. The van der Waals surface area contributed by atoms with Gasteiger partial charge in [-0.2, -0.15) is 0 Å². The zero-order chi connectivity index (χ0) is 12.6. The van der Waals surface area contributed by atoms with Crippen LogP contribution in [-0.2, 0) is 4.43 Å². The van der Waals surface area contributed by atoms with Gasteiger partial charge in [0.25, 0.3) is 0 Å². The van der Waals surface area contributed by atoms with E-state index in [0.29, 0.717) is 6.10 Å². The third kappa shape index (κ3) is 11.1. The molecule has 0 aliphatic carbocycles. The van der Waals surface area contributed by atoms with Gasteiger partial charge in [0.15, 0.2) is 8.32 Å². The quantitative estimate of drug-likeness (QED) is 0.317. The highest BCUT2D eigenvalue weighted by atomic mass is 127. The summed E-state index contributed by atoms with van der Waals surface area (Å²) in [4.78, 5) is 0. The van der Waals surface area contributed by atoms with E-state index in [1.54, 1.807) is 0 Å². The lowest BCUT2D eigenvalue weighted by molar-refractivity contribution is 0.182. The minimum Gasteiger partial charge on any atom is -0.414 e. The van der Waals surface area contributed by atoms with Crippen LogP contribution in [0.2, 0.25) is 19.6 Å². The normalized spacial score (nSPS) is 15.2. The minimum atomic E-state index is -1.38. The smallest absolute Gasteiger partial charge is 0.184 e. The van der Waals surface area contributed by atoms with Gasteiger partial charge in [0.1, 0.15) is 0 Å². The maximum absolute atomic E-state index is 6.23. The fourth-order valence-corrected chi connectivity index (χ4v) is 3.11. The van der Waals surface area contributed by atoms with Gasteiger partial charge in [-0.3, -0.25) is 0 Å². The molecule has 0 fully saturated rings. The second-order valence-corrected chi connectivity index (χ2v) is 11.5. The Kier molecular flexibility index (Phi) is 9.05. The SMILES string of the molecule is CCCCC[C@H](CC=C(C)I)O[Si](C)(C)C. The summed E-state index contributed by atoms with van der Waals surface area (Å²) < 4.78 is 7.60. The van der Waals surface area contributed by atoms with Gasteiger partial charge in [0.05, 0.1) is 0 Å². The number of hydrogen-bond donors (Lipinski definition) is 0. The first-order chi connectivity index (χ1) is 7.35. The standard InChI is InChI=1S/C13H27IOSi/c1-6-7-8-9-13(11-10-12(2)14)15-16(3,4)5/h10,13H,6-9,11H2,1-5H3/t13-/m1/s1. The van der Waals surface area contributed by atoms with Crippen molar-refractivity contribution in [1.29, 1.82) is 0 Å². The van der Waals surface area contributed by atoms with Crippen molar-refractivity contribution in [3.63, 3.8) is 0 Å². The summed E-state index contributed by atoms with van der Waals surface area (Å²) in [6.45, 7) is 11.2. The van der Waals surface area contributed by atoms with Crippen LogP contribution in [0.4, 0.5) is 0 Å². The second-order valence-electron chi connectivity index (χ2n) is 5.37. The topological polar surface area (TPSA) is 9.23 Å². The lowest BCUT2D eigenvalue weighted by Crippen LogP contribution is -2.31. The summed E-state index contributed by atoms with van der Waals surface area (Å²) in [5, 5.41) is 0. The molecule has 0 aliphatic heterocycles. The van der Waals surface area contributed by atoms with Gasteiger partial charge in [-0.15, -0.1) is 0 Å². The monoisotopic (exact) mass is 354 g/mol. The summed E-state index contributed by atoms with van der Waals surface area (Å²) in [5.41, 5.74) is 0. The minimum absolute atomic E-state index is 0.447. The van der Waals surface area contributed by atoms with Crippen molar-refractivity contribution >= 4 is 30.9 Å². The van der Waals surface area contributed by atoms with Crippen LogP contribution in [0.15, 0.2) is 9.66 Å². The maximum Gasteiger partial charge on any atom is 0.184 e. The lowest BCUT2D eigenvalue weighted by Gasteiger charge is -2.25. The molecular formula is C13H27IOSi. The molecule has 1 nitrogen and oxygen atoms in total. The number of halogens is 1. The fraction of sp³-hybridized carbons (Fsp3) is 0.846. The van der Waals surface area contributed by atoms with E-state index in [9.17, 15) is 0 Å². The molecule has 0 saturated carbocycles. The number of hydrogen-bond acceptors (Lipinski definition) is 1. The van der Waals surface area contributed by atoms with Crippen LogP contribution in [-0.4, -0.2) is 14.4 Å². The van der Waals surface area contributed by atoms with E-state index in [1.807, 2.05) is 0 Å². The van der Waals surface area contributed by atoms with E-state index in [1.165, 1.54) is 29.3 Å². The third-order valence-corrected chi connectivity index (χ3v) is 3.79. The average molecular weight is 354 g/mol. The predicted octanol–water partition coefficient (Wildman–Crippen LogP) is 5.52. The Morgan fingerprint density at radius 3 is 2.38 bits per heavy atom. The Morgan fingerprint density at radius 2 is 1.94 bits per heavy atom. The highest BCUT2D eigenvalue weighted by Crippen LogP contribution is 2.18. The van der Waals surface area contributed by atoms with Crippen molar-refractivity contribution in [3.8, 4) is 0 Å². The van der Waals surface area contributed by atoms with Crippen LogP contribution in [0.25, 0.3) is 0 Å². The number of allylic oxidation sites excluding steroid dienone is 1. The number of unbranched alkanes of at least 4 members (excludes halogenated alkanes) is 2.